The Balaban J connectivity index is -0.000000844. The number of hydrogen-bond donors (Lipinski definition) is 3. The van der Waals surface area contributed by atoms with Crippen LogP contribution in [0.5, 0.6) is 0 Å². The van der Waals surface area contributed by atoms with E-state index in [0.717, 1.165) is 12.3 Å². The molecule has 3 nitrogen and oxygen atoms in total. The molecule has 27 heavy (non-hydrogen) atoms. The van der Waals surface area contributed by atoms with Gasteiger partial charge in [0.2, 0.25) is 0 Å². The fraction of sp³-hybridized carbons (Fsp3) is 0.917. The molecule has 2 atom stereocenters. The monoisotopic (exact) mass is 387 g/mol. The largest absolute Gasteiger partial charge is 0.395 e. The van der Waals surface area contributed by atoms with E-state index in [4.69, 9.17) is 10.8 Å². The van der Waals surface area contributed by atoms with E-state index in [1.54, 1.807) is 6.08 Å². The van der Waals surface area contributed by atoms with Crippen LogP contribution < -0.4 is 5.73 Å². The van der Waals surface area contributed by atoms with Gasteiger partial charge in [0.05, 0.1) is 18.8 Å². The molecule has 166 valence electrons. The zero-order chi connectivity index (χ0) is 20.0. The van der Waals surface area contributed by atoms with Crippen molar-refractivity contribution in [1.29, 1.82) is 0 Å². The van der Waals surface area contributed by atoms with E-state index in [0.29, 0.717) is 0 Å². The first-order valence-corrected chi connectivity index (χ1v) is 11.2. The van der Waals surface area contributed by atoms with E-state index in [2.05, 4.69) is 27.7 Å². The molecular weight excluding hydrogens is 334 g/mol. The van der Waals surface area contributed by atoms with E-state index in [-0.39, 0.29) is 14.0 Å². The van der Waals surface area contributed by atoms with Crippen molar-refractivity contribution in [1.82, 2.24) is 0 Å². The lowest BCUT2D eigenvalue weighted by Crippen LogP contribution is -2.36. The van der Waals surface area contributed by atoms with Crippen LogP contribution in [0.3, 0.4) is 0 Å². The van der Waals surface area contributed by atoms with Gasteiger partial charge < -0.3 is 15.9 Å². The quantitative estimate of drug-likeness (QED) is 0.206. The average molecular weight is 388 g/mol. The van der Waals surface area contributed by atoms with Gasteiger partial charge in [0.25, 0.3) is 0 Å². The molecule has 0 aliphatic rings. The molecule has 0 amide bonds. The molecule has 0 aromatic carbocycles. The number of rotatable bonds is 16. The molecule has 0 saturated carbocycles. The summed E-state index contributed by atoms with van der Waals surface area (Å²) in [6.45, 7) is 8.73. The second kappa shape index (κ2) is 25.6. The van der Waals surface area contributed by atoms with Crippen molar-refractivity contribution >= 4 is 0 Å². The average Bonchev–Trinajstić information content (AvgIpc) is 2.64. The van der Waals surface area contributed by atoms with Crippen molar-refractivity contribution in [2.45, 2.75) is 131 Å². The second-order valence-corrected chi connectivity index (χ2v) is 7.89. The zero-order valence-electron chi connectivity index (χ0n) is 18.3. The summed E-state index contributed by atoms with van der Waals surface area (Å²) < 4.78 is 0. The highest BCUT2D eigenvalue weighted by Crippen LogP contribution is 2.12. The lowest BCUT2D eigenvalue weighted by atomic mass is 10.0. The fourth-order valence-electron chi connectivity index (χ4n) is 2.41. The molecule has 0 rings (SSSR count). The van der Waals surface area contributed by atoms with Gasteiger partial charge in [-0.15, -0.1) is 0 Å². The van der Waals surface area contributed by atoms with Crippen LogP contribution in [0, 0.1) is 5.92 Å². The number of aliphatic hydroxyl groups is 2. The molecule has 0 spiro atoms. The lowest BCUT2D eigenvalue weighted by Gasteiger charge is -2.11. The van der Waals surface area contributed by atoms with E-state index >= 15 is 0 Å². The van der Waals surface area contributed by atoms with Crippen LogP contribution in [0.25, 0.3) is 0 Å². The summed E-state index contributed by atoms with van der Waals surface area (Å²) in [7, 11) is 0. The molecule has 4 N–H and O–H groups in total. The highest BCUT2D eigenvalue weighted by molar-refractivity contribution is 4.93. The van der Waals surface area contributed by atoms with Gasteiger partial charge in [0.15, 0.2) is 0 Å². The molecule has 0 heterocycles. The Kier molecular flexibility index (Phi) is 29.7. The van der Waals surface area contributed by atoms with Crippen LogP contribution in [-0.2, 0) is 0 Å². The minimum absolute atomic E-state index is 0. The number of nitrogens with two attached hydrogens (primary N) is 1. The van der Waals surface area contributed by atoms with Crippen molar-refractivity contribution in [2.24, 2.45) is 11.7 Å². The molecule has 0 aliphatic carbocycles. The third kappa shape index (κ3) is 27.9. The van der Waals surface area contributed by atoms with Crippen LogP contribution in [0.15, 0.2) is 12.2 Å². The molecule has 0 radical (unpaired) electrons. The molecule has 2 unspecified atom stereocenters. The second-order valence-electron chi connectivity index (χ2n) is 7.89. The van der Waals surface area contributed by atoms with Crippen LogP contribution >= 0.6 is 0 Å². The minimum atomic E-state index is -0.720. The molecular formula is C24H53NO2. The van der Waals surface area contributed by atoms with Gasteiger partial charge in [-0.25, -0.2) is 0 Å². The number of allylic oxidation sites excluding steroid dienone is 1. The maximum atomic E-state index is 9.52. The lowest BCUT2D eigenvalue weighted by molar-refractivity contribution is 0.144. The number of hydrogen-bond acceptors (Lipinski definition) is 3. The maximum absolute atomic E-state index is 9.52. The smallest absolute Gasteiger partial charge is 0.0894 e. The summed E-state index contributed by atoms with van der Waals surface area (Å²) in [5, 5.41) is 18.3. The SMILES string of the molecule is C.CCC(C)C.CCCCCCCCCCCCC/C=C/C(O)C(N)CO. The Bertz CT molecular complexity index is 280. The van der Waals surface area contributed by atoms with Gasteiger partial charge in [0.1, 0.15) is 0 Å². The fourth-order valence-corrected chi connectivity index (χ4v) is 2.41. The Morgan fingerprint density at radius 1 is 0.815 bits per heavy atom. The Labute approximate surface area is 171 Å². The molecule has 0 aromatic heterocycles. The van der Waals surface area contributed by atoms with Crippen LogP contribution in [0.4, 0.5) is 0 Å². The first-order chi connectivity index (χ1) is 12.5. The summed E-state index contributed by atoms with van der Waals surface area (Å²) in [4.78, 5) is 0. The Morgan fingerprint density at radius 3 is 1.59 bits per heavy atom. The van der Waals surface area contributed by atoms with Crippen molar-refractivity contribution in [3.63, 3.8) is 0 Å². The Morgan fingerprint density at radius 2 is 1.22 bits per heavy atom. The van der Waals surface area contributed by atoms with Gasteiger partial charge in [0, 0.05) is 0 Å². The van der Waals surface area contributed by atoms with Crippen molar-refractivity contribution in [3.8, 4) is 0 Å². The highest BCUT2D eigenvalue weighted by atomic mass is 16.3. The third-order valence-electron chi connectivity index (χ3n) is 4.77. The molecule has 3 heteroatoms. The third-order valence-corrected chi connectivity index (χ3v) is 4.77. The van der Waals surface area contributed by atoms with E-state index in [1.807, 2.05) is 6.08 Å². The predicted octanol–water partition coefficient (Wildman–Crippen LogP) is 6.61. The summed E-state index contributed by atoms with van der Waals surface area (Å²) in [6, 6.07) is -0.557. The minimum Gasteiger partial charge on any atom is -0.395 e. The van der Waals surface area contributed by atoms with Gasteiger partial charge in [-0.1, -0.05) is 118 Å². The maximum Gasteiger partial charge on any atom is 0.0894 e. The van der Waals surface area contributed by atoms with Crippen molar-refractivity contribution < 1.29 is 10.2 Å². The molecule has 0 aliphatic heterocycles. The van der Waals surface area contributed by atoms with Gasteiger partial charge >= 0.3 is 0 Å². The Hall–Kier alpha value is -0.380. The molecule has 0 bridgehead atoms. The summed E-state index contributed by atoms with van der Waals surface area (Å²) in [5.41, 5.74) is 5.51. The van der Waals surface area contributed by atoms with Crippen LogP contribution in [0.1, 0.15) is 119 Å². The van der Waals surface area contributed by atoms with Gasteiger partial charge in [-0.2, -0.15) is 0 Å². The molecule has 0 aromatic rings. The van der Waals surface area contributed by atoms with Crippen molar-refractivity contribution in [3.05, 3.63) is 12.2 Å². The highest BCUT2D eigenvalue weighted by Gasteiger charge is 2.08. The van der Waals surface area contributed by atoms with E-state index < -0.39 is 12.1 Å². The first-order valence-electron chi connectivity index (χ1n) is 11.2. The number of aliphatic hydroxyl groups excluding tert-OH is 2. The topological polar surface area (TPSA) is 66.5 Å². The standard InChI is InChI=1S/C18H37NO2.C5H12.CH4/c1-2-3-4-5-6-7-8-9-10-11-12-13-14-15-18(21)17(19)16-20;1-4-5(2)3;/h14-15,17-18,20-21H,2-13,16,19H2,1H3;5H,4H2,1-3H3;1H4/b15-14+;;. The number of unbranched alkanes of at least 4 members (excludes halogenated alkanes) is 11. The summed E-state index contributed by atoms with van der Waals surface area (Å²) in [5.74, 6) is 0.884. The molecule has 0 saturated heterocycles. The predicted molar refractivity (Wildman–Crippen MR) is 123 cm³/mol. The van der Waals surface area contributed by atoms with Crippen molar-refractivity contribution in [2.75, 3.05) is 6.61 Å². The van der Waals surface area contributed by atoms with Crippen LogP contribution in [0.2, 0.25) is 0 Å². The molecule has 0 fully saturated rings. The summed E-state index contributed by atoms with van der Waals surface area (Å²) in [6.07, 6.45) is 20.1. The van der Waals surface area contributed by atoms with E-state index in [1.165, 1.54) is 77.0 Å². The van der Waals surface area contributed by atoms with Gasteiger partial charge in [-0.3, -0.25) is 0 Å². The summed E-state index contributed by atoms with van der Waals surface area (Å²) >= 11 is 0. The first kappa shape index (κ1) is 31.3. The normalized spacial score (nSPS) is 13.2. The zero-order valence-corrected chi connectivity index (χ0v) is 18.3. The van der Waals surface area contributed by atoms with E-state index in [9.17, 15) is 5.11 Å². The van der Waals surface area contributed by atoms with Gasteiger partial charge in [-0.05, 0) is 18.8 Å². The van der Waals surface area contributed by atoms with Crippen LogP contribution in [-0.4, -0.2) is 29.0 Å².